The van der Waals surface area contributed by atoms with Crippen LogP contribution in [-0.2, 0) is 21.8 Å². The molecule has 0 spiro atoms. The van der Waals surface area contributed by atoms with Crippen LogP contribution in [0.5, 0.6) is 0 Å². The first-order valence-electron chi connectivity index (χ1n) is 11.3. The van der Waals surface area contributed by atoms with E-state index in [1.54, 1.807) is 11.7 Å². The van der Waals surface area contributed by atoms with Crippen LogP contribution in [0.2, 0.25) is 0 Å². The molecule has 1 aromatic rings. The standard InChI is InChI=1S/C22H36N6O3S/c1-6-7-8-9-16(2)18-10-12-19(13-11-18)31-15-21-20(24-32(5,29)30)14-17(3)28(21)22-23-25-26-27(22)4/h6-9,17-21,24H,2,10-15H2,1,3-5H3/b7-6-,9-8-/t17-,18?,19?,20+,21+/m1/s1. The molecule has 1 saturated carbocycles. The van der Waals surface area contributed by atoms with Gasteiger partial charge in [-0.3, -0.25) is 0 Å². The van der Waals surface area contributed by atoms with E-state index < -0.39 is 10.0 Å². The lowest BCUT2D eigenvalue weighted by atomic mass is 9.83. The molecule has 32 heavy (non-hydrogen) atoms. The van der Waals surface area contributed by atoms with Gasteiger partial charge in [-0.2, -0.15) is 0 Å². The number of hydrogen-bond donors (Lipinski definition) is 1. The first kappa shape index (κ1) is 24.6. The van der Waals surface area contributed by atoms with Gasteiger partial charge in [-0.1, -0.05) is 41.6 Å². The van der Waals surface area contributed by atoms with Crippen molar-refractivity contribution in [2.75, 3.05) is 17.8 Å². The molecule has 2 fully saturated rings. The Hall–Kier alpha value is -2.04. The monoisotopic (exact) mass is 464 g/mol. The Balaban J connectivity index is 1.63. The molecule has 1 aliphatic heterocycles. The number of anilines is 1. The maximum Gasteiger partial charge on any atom is 0.245 e. The quantitative estimate of drug-likeness (QED) is 0.560. The predicted molar refractivity (Wildman–Crippen MR) is 126 cm³/mol. The lowest BCUT2D eigenvalue weighted by Gasteiger charge is -2.33. The Kier molecular flexibility index (Phi) is 8.24. The van der Waals surface area contributed by atoms with Crippen LogP contribution in [0.4, 0.5) is 5.95 Å². The van der Waals surface area contributed by atoms with Crippen LogP contribution < -0.4 is 9.62 Å². The second kappa shape index (κ2) is 10.7. The van der Waals surface area contributed by atoms with Crippen molar-refractivity contribution in [1.82, 2.24) is 24.9 Å². The van der Waals surface area contributed by atoms with Gasteiger partial charge in [0.15, 0.2) is 0 Å². The molecule has 1 aliphatic carbocycles. The van der Waals surface area contributed by atoms with Gasteiger partial charge in [0.1, 0.15) is 0 Å². The zero-order valence-corrected chi connectivity index (χ0v) is 20.3. The van der Waals surface area contributed by atoms with Crippen LogP contribution in [-0.4, -0.2) is 65.7 Å². The zero-order valence-electron chi connectivity index (χ0n) is 19.5. The van der Waals surface area contributed by atoms with E-state index in [4.69, 9.17) is 4.74 Å². The predicted octanol–water partition coefficient (Wildman–Crippen LogP) is 2.36. The summed E-state index contributed by atoms with van der Waals surface area (Å²) in [6.07, 6.45) is 14.2. The molecule has 0 radical (unpaired) electrons. The molecule has 3 rings (SSSR count). The summed E-state index contributed by atoms with van der Waals surface area (Å²) < 4.78 is 34.7. The summed E-state index contributed by atoms with van der Waals surface area (Å²) in [4.78, 5) is 2.09. The van der Waals surface area contributed by atoms with E-state index in [0.29, 0.717) is 24.9 Å². The van der Waals surface area contributed by atoms with E-state index in [9.17, 15) is 8.42 Å². The zero-order chi connectivity index (χ0) is 23.3. The highest BCUT2D eigenvalue weighted by atomic mass is 32.2. The van der Waals surface area contributed by atoms with Crippen LogP contribution in [0.25, 0.3) is 0 Å². The minimum atomic E-state index is -3.35. The Bertz CT molecular complexity index is 933. The molecule has 0 aromatic carbocycles. The van der Waals surface area contributed by atoms with Crippen molar-refractivity contribution in [3.8, 4) is 0 Å². The number of ether oxygens (including phenoxy) is 1. The number of aryl methyl sites for hydroxylation is 1. The van der Waals surface area contributed by atoms with E-state index in [-0.39, 0.29) is 24.2 Å². The van der Waals surface area contributed by atoms with Crippen LogP contribution in [0, 0.1) is 5.92 Å². The fourth-order valence-electron chi connectivity index (χ4n) is 4.81. The first-order valence-corrected chi connectivity index (χ1v) is 13.2. The lowest BCUT2D eigenvalue weighted by Crippen LogP contribution is -2.49. The van der Waals surface area contributed by atoms with Crippen molar-refractivity contribution in [2.24, 2.45) is 13.0 Å². The van der Waals surface area contributed by atoms with E-state index in [2.05, 4.69) is 44.7 Å². The van der Waals surface area contributed by atoms with Gasteiger partial charge in [-0.25, -0.2) is 17.8 Å². The lowest BCUT2D eigenvalue weighted by molar-refractivity contribution is 0.0125. The molecule has 0 amide bonds. The van der Waals surface area contributed by atoms with Gasteiger partial charge in [0, 0.05) is 19.1 Å². The number of tetrazole rings is 1. The van der Waals surface area contributed by atoms with E-state index in [1.165, 1.54) is 11.8 Å². The third kappa shape index (κ3) is 6.26. The molecule has 10 heteroatoms. The fraction of sp³-hybridized carbons (Fsp3) is 0.682. The molecule has 2 heterocycles. The van der Waals surface area contributed by atoms with Crippen molar-refractivity contribution in [2.45, 2.75) is 70.2 Å². The van der Waals surface area contributed by atoms with Crippen molar-refractivity contribution >= 4 is 16.0 Å². The van der Waals surface area contributed by atoms with Crippen LogP contribution in [0.3, 0.4) is 0 Å². The Morgan fingerprint density at radius 3 is 2.59 bits per heavy atom. The number of nitrogens with zero attached hydrogens (tertiary/aromatic N) is 5. The summed E-state index contributed by atoms with van der Waals surface area (Å²) in [5.74, 6) is 1.11. The molecule has 178 valence electrons. The number of rotatable bonds is 9. The highest BCUT2D eigenvalue weighted by Crippen LogP contribution is 2.33. The van der Waals surface area contributed by atoms with E-state index in [0.717, 1.165) is 25.7 Å². The van der Waals surface area contributed by atoms with Gasteiger partial charge in [-0.15, -0.1) is 0 Å². The molecule has 3 atom stereocenters. The molecule has 9 nitrogen and oxygen atoms in total. The normalized spacial score (nSPS) is 29.4. The summed E-state index contributed by atoms with van der Waals surface area (Å²) in [7, 11) is -1.56. The third-order valence-electron chi connectivity index (χ3n) is 6.40. The van der Waals surface area contributed by atoms with Crippen molar-refractivity contribution in [3.63, 3.8) is 0 Å². The fourth-order valence-corrected chi connectivity index (χ4v) is 5.61. The molecule has 1 N–H and O–H groups in total. The number of allylic oxidation sites excluding steroid dienone is 5. The van der Waals surface area contributed by atoms with Gasteiger partial charge < -0.3 is 9.64 Å². The molecule has 1 aromatic heterocycles. The second-order valence-electron chi connectivity index (χ2n) is 8.93. The van der Waals surface area contributed by atoms with Gasteiger partial charge in [-0.05, 0) is 62.3 Å². The van der Waals surface area contributed by atoms with Crippen molar-refractivity contribution in [3.05, 3.63) is 36.5 Å². The maximum atomic E-state index is 12.0. The molecule has 0 unspecified atom stereocenters. The Morgan fingerprint density at radius 1 is 1.28 bits per heavy atom. The number of hydrogen-bond acceptors (Lipinski definition) is 7. The maximum absolute atomic E-state index is 12.0. The average Bonchev–Trinajstić information content (AvgIpc) is 3.27. The molecule has 1 saturated heterocycles. The minimum Gasteiger partial charge on any atom is -0.376 e. The Morgan fingerprint density at radius 2 is 2.00 bits per heavy atom. The highest BCUT2D eigenvalue weighted by Gasteiger charge is 2.43. The summed E-state index contributed by atoms with van der Waals surface area (Å²) in [5.41, 5.74) is 1.17. The molecule has 2 aliphatic rings. The summed E-state index contributed by atoms with van der Waals surface area (Å²) >= 11 is 0. The van der Waals surface area contributed by atoms with Gasteiger partial charge >= 0.3 is 0 Å². The number of nitrogens with one attached hydrogen (secondary N) is 1. The van der Waals surface area contributed by atoms with E-state index >= 15 is 0 Å². The van der Waals surface area contributed by atoms with Crippen LogP contribution in [0.15, 0.2) is 36.5 Å². The first-order chi connectivity index (χ1) is 15.2. The SMILES string of the molecule is C=C(/C=C\C=C/C)C1CCC(OC[C@H]2[C@@H](NS(C)(=O)=O)C[C@@H](C)N2c2nnnn2C)CC1. The van der Waals surface area contributed by atoms with Gasteiger partial charge in [0.2, 0.25) is 16.0 Å². The third-order valence-corrected chi connectivity index (χ3v) is 7.13. The molecular formula is C22H36N6O3S. The smallest absolute Gasteiger partial charge is 0.245 e. The number of sulfonamides is 1. The van der Waals surface area contributed by atoms with Gasteiger partial charge in [0.05, 0.1) is 25.0 Å². The molecular weight excluding hydrogens is 428 g/mol. The summed E-state index contributed by atoms with van der Waals surface area (Å²) in [5, 5.41) is 11.9. The highest BCUT2D eigenvalue weighted by molar-refractivity contribution is 7.88. The molecule has 0 bridgehead atoms. The van der Waals surface area contributed by atoms with Crippen molar-refractivity contribution in [1.29, 1.82) is 0 Å². The minimum absolute atomic E-state index is 0.0792. The Labute approximate surface area is 191 Å². The van der Waals surface area contributed by atoms with Crippen LogP contribution in [0.1, 0.15) is 46.0 Å². The van der Waals surface area contributed by atoms with Gasteiger partial charge in [0.25, 0.3) is 0 Å². The second-order valence-corrected chi connectivity index (χ2v) is 10.7. The number of aromatic nitrogens is 4. The topological polar surface area (TPSA) is 102 Å². The van der Waals surface area contributed by atoms with E-state index in [1.807, 2.05) is 25.2 Å². The summed E-state index contributed by atoms with van der Waals surface area (Å²) in [6.45, 7) is 8.71. The largest absolute Gasteiger partial charge is 0.376 e. The van der Waals surface area contributed by atoms with Crippen LogP contribution >= 0.6 is 0 Å². The summed E-state index contributed by atoms with van der Waals surface area (Å²) in [6, 6.07) is -0.360. The van der Waals surface area contributed by atoms with Crippen molar-refractivity contribution < 1.29 is 13.2 Å². The average molecular weight is 465 g/mol.